The molecule has 2 N–H and O–H groups in total. The molecule has 0 heterocycles. The van der Waals surface area contributed by atoms with Crippen LogP contribution in [-0.4, -0.2) is 16.6 Å². The van der Waals surface area contributed by atoms with Gasteiger partial charge in [-0.15, -0.1) is 0 Å². The van der Waals surface area contributed by atoms with Crippen molar-refractivity contribution >= 4 is 16.5 Å². The van der Waals surface area contributed by atoms with Crippen LogP contribution in [0.5, 0.6) is 5.75 Å². The van der Waals surface area contributed by atoms with Gasteiger partial charge in [-0.25, -0.2) is 0 Å². The SMILES string of the molecule is Nc1ccccc1OCCCS(=O)c1ccccc1. The molecule has 2 rings (SSSR count). The number of hydrogen-bond acceptors (Lipinski definition) is 3. The number of para-hydroxylation sites is 2. The second-order valence-corrected chi connectivity index (χ2v) is 5.67. The Labute approximate surface area is 115 Å². The zero-order chi connectivity index (χ0) is 13.5. The third-order valence-corrected chi connectivity index (χ3v) is 4.11. The van der Waals surface area contributed by atoms with E-state index in [9.17, 15) is 4.21 Å². The van der Waals surface area contributed by atoms with E-state index in [1.54, 1.807) is 6.07 Å². The van der Waals surface area contributed by atoms with Crippen molar-refractivity contribution in [3.8, 4) is 5.75 Å². The molecular weight excluding hydrogens is 258 g/mol. The van der Waals surface area contributed by atoms with Gasteiger partial charge in [0, 0.05) is 10.6 Å². The summed E-state index contributed by atoms with van der Waals surface area (Å²) in [5.41, 5.74) is 6.40. The summed E-state index contributed by atoms with van der Waals surface area (Å²) in [7, 11) is -0.958. The first-order valence-electron chi connectivity index (χ1n) is 6.18. The molecule has 1 atom stereocenters. The summed E-state index contributed by atoms with van der Waals surface area (Å²) in [4.78, 5) is 0.863. The van der Waals surface area contributed by atoms with Crippen molar-refractivity contribution in [2.24, 2.45) is 0 Å². The maximum Gasteiger partial charge on any atom is 0.142 e. The first kappa shape index (κ1) is 13.6. The van der Waals surface area contributed by atoms with E-state index in [2.05, 4.69) is 0 Å². The molecule has 2 aromatic rings. The highest BCUT2D eigenvalue weighted by Crippen LogP contribution is 2.19. The predicted octanol–water partition coefficient (Wildman–Crippen LogP) is 2.85. The van der Waals surface area contributed by atoms with Crippen LogP contribution in [0.15, 0.2) is 59.5 Å². The molecule has 1 unspecified atom stereocenters. The fourth-order valence-corrected chi connectivity index (χ4v) is 2.75. The maximum atomic E-state index is 12.0. The van der Waals surface area contributed by atoms with E-state index in [0.717, 1.165) is 11.3 Å². The third kappa shape index (κ3) is 4.10. The molecule has 0 aliphatic carbocycles. The Morgan fingerprint density at radius 1 is 1.00 bits per heavy atom. The molecule has 0 aromatic heterocycles. The molecule has 0 amide bonds. The summed E-state index contributed by atoms with van der Waals surface area (Å²) in [5.74, 6) is 1.28. The largest absolute Gasteiger partial charge is 0.491 e. The minimum atomic E-state index is -0.958. The standard InChI is InChI=1S/C15H17NO2S/c16-14-9-4-5-10-15(14)18-11-6-12-19(17)13-7-2-1-3-8-13/h1-5,7-10H,6,11-12,16H2. The first-order valence-corrected chi connectivity index (χ1v) is 7.50. The molecule has 0 saturated heterocycles. The summed E-state index contributed by atoms with van der Waals surface area (Å²) in [6.07, 6.45) is 0.732. The molecule has 100 valence electrons. The number of benzene rings is 2. The summed E-state index contributed by atoms with van der Waals surface area (Å²) < 4.78 is 17.5. The van der Waals surface area contributed by atoms with E-state index in [0.29, 0.717) is 23.8 Å². The van der Waals surface area contributed by atoms with Gasteiger partial charge in [-0.05, 0) is 30.7 Å². The fraction of sp³-hybridized carbons (Fsp3) is 0.200. The van der Waals surface area contributed by atoms with Gasteiger partial charge >= 0.3 is 0 Å². The minimum Gasteiger partial charge on any atom is -0.491 e. The van der Waals surface area contributed by atoms with Crippen LogP contribution in [-0.2, 0) is 10.8 Å². The van der Waals surface area contributed by atoms with Gasteiger partial charge in [0.15, 0.2) is 0 Å². The number of rotatable bonds is 6. The zero-order valence-corrected chi connectivity index (χ0v) is 11.4. The van der Waals surface area contributed by atoms with Gasteiger partial charge in [-0.1, -0.05) is 30.3 Å². The number of nitrogens with two attached hydrogens (primary N) is 1. The highest BCUT2D eigenvalue weighted by molar-refractivity contribution is 7.85. The van der Waals surface area contributed by atoms with Crippen molar-refractivity contribution in [1.29, 1.82) is 0 Å². The zero-order valence-electron chi connectivity index (χ0n) is 10.6. The van der Waals surface area contributed by atoms with Crippen molar-refractivity contribution in [1.82, 2.24) is 0 Å². The molecule has 0 aliphatic heterocycles. The lowest BCUT2D eigenvalue weighted by molar-refractivity contribution is 0.320. The van der Waals surface area contributed by atoms with Crippen LogP contribution in [0.4, 0.5) is 5.69 Å². The van der Waals surface area contributed by atoms with Gasteiger partial charge in [0.2, 0.25) is 0 Å². The number of anilines is 1. The summed E-state index contributed by atoms with van der Waals surface area (Å²) >= 11 is 0. The molecule has 0 radical (unpaired) electrons. The average molecular weight is 275 g/mol. The molecule has 0 saturated carbocycles. The van der Waals surface area contributed by atoms with Gasteiger partial charge in [0.05, 0.1) is 23.1 Å². The molecule has 0 bridgehead atoms. The van der Waals surface area contributed by atoms with Crippen LogP contribution in [0.25, 0.3) is 0 Å². The fourth-order valence-electron chi connectivity index (χ4n) is 1.67. The Balaban J connectivity index is 1.76. The lowest BCUT2D eigenvalue weighted by atomic mass is 10.3. The van der Waals surface area contributed by atoms with Gasteiger partial charge < -0.3 is 10.5 Å². The van der Waals surface area contributed by atoms with E-state index in [-0.39, 0.29) is 0 Å². The predicted molar refractivity (Wildman–Crippen MR) is 78.7 cm³/mol. The molecular formula is C15H17NO2S. The molecule has 2 aromatic carbocycles. The molecule has 3 nitrogen and oxygen atoms in total. The molecule has 19 heavy (non-hydrogen) atoms. The summed E-state index contributed by atoms with van der Waals surface area (Å²) in [5, 5.41) is 0. The van der Waals surface area contributed by atoms with E-state index >= 15 is 0 Å². The average Bonchev–Trinajstić information content (AvgIpc) is 2.46. The van der Waals surface area contributed by atoms with E-state index in [4.69, 9.17) is 10.5 Å². The van der Waals surface area contributed by atoms with Crippen molar-refractivity contribution in [3.05, 3.63) is 54.6 Å². The number of ether oxygens (including phenoxy) is 1. The Hall–Kier alpha value is -1.81. The van der Waals surface area contributed by atoms with Crippen molar-refractivity contribution < 1.29 is 8.95 Å². The van der Waals surface area contributed by atoms with Gasteiger partial charge in [0.25, 0.3) is 0 Å². The topological polar surface area (TPSA) is 52.3 Å². The molecule has 4 heteroatoms. The van der Waals surface area contributed by atoms with Crippen molar-refractivity contribution in [3.63, 3.8) is 0 Å². The maximum absolute atomic E-state index is 12.0. The quantitative estimate of drug-likeness (QED) is 0.651. The molecule has 0 fully saturated rings. The second kappa shape index (κ2) is 6.95. The Morgan fingerprint density at radius 2 is 1.68 bits per heavy atom. The Morgan fingerprint density at radius 3 is 2.42 bits per heavy atom. The van der Waals surface area contributed by atoms with Crippen LogP contribution in [0.2, 0.25) is 0 Å². The highest BCUT2D eigenvalue weighted by Gasteiger charge is 2.03. The van der Waals surface area contributed by atoms with E-state index < -0.39 is 10.8 Å². The van der Waals surface area contributed by atoms with E-state index in [1.165, 1.54) is 0 Å². The van der Waals surface area contributed by atoms with Crippen LogP contribution in [0.3, 0.4) is 0 Å². The van der Waals surface area contributed by atoms with Gasteiger partial charge in [-0.2, -0.15) is 0 Å². The lowest BCUT2D eigenvalue weighted by Crippen LogP contribution is -2.05. The van der Waals surface area contributed by atoms with Crippen molar-refractivity contribution in [2.75, 3.05) is 18.1 Å². The third-order valence-electron chi connectivity index (χ3n) is 2.66. The molecule has 0 spiro atoms. The van der Waals surface area contributed by atoms with Crippen molar-refractivity contribution in [2.45, 2.75) is 11.3 Å². The highest BCUT2D eigenvalue weighted by atomic mass is 32.2. The number of nitrogen functional groups attached to an aromatic ring is 1. The smallest absolute Gasteiger partial charge is 0.142 e. The van der Waals surface area contributed by atoms with Crippen LogP contribution >= 0.6 is 0 Å². The summed E-state index contributed by atoms with van der Waals surface area (Å²) in [6, 6.07) is 16.9. The first-order chi connectivity index (χ1) is 9.27. The normalized spacial score (nSPS) is 12.0. The lowest BCUT2D eigenvalue weighted by Gasteiger charge is -2.08. The van der Waals surface area contributed by atoms with Crippen LogP contribution in [0.1, 0.15) is 6.42 Å². The minimum absolute atomic E-state index is 0.521. The van der Waals surface area contributed by atoms with Crippen LogP contribution < -0.4 is 10.5 Å². The number of hydrogen-bond donors (Lipinski definition) is 1. The Bertz CT molecular complexity index is 543. The Kier molecular flexibility index (Phi) is 4.98. The van der Waals surface area contributed by atoms with E-state index in [1.807, 2.05) is 48.5 Å². The van der Waals surface area contributed by atoms with Gasteiger partial charge in [0.1, 0.15) is 5.75 Å². The monoisotopic (exact) mass is 275 g/mol. The molecule has 0 aliphatic rings. The second-order valence-electron chi connectivity index (χ2n) is 4.10. The summed E-state index contributed by atoms with van der Waals surface area (Å²) in [6.45, 7) is 0.521. The van der Waals surface area contributed by atoms with Gasteiger partial charge in [-0.3, -0.25) is 4.21 Å². The van der Waals surface area contributed by atoms with Crippen LogP contribution in [0, 0.1) is 0 Å².